The molecule has 12 heavy (non-hydrogen) atoms. The minimum Gasteiger partial charge on any atom is -0.299 e. The van der Waals surface area contributed by atoms with Crippen LogP contribution in [0.5, 0.6) is 0 Å². The molecule has 0 bridgehead atoms. The summed E-state index contributed by atoms with van der Waals surface area (Å²) in [5, 5.41) is 1.84. The van der Waals surface area contributed by atoms with Crippen molar-refractivity contribution >= 4 is 22.9 Å². The van der Waals surface area contributed by atoms with E-state index < -0.39 is 0 Å². The van der Waals surface area contributed by atoms with E-state index in [1.165, 1.54) is 11.3 Å². The molecule has 0 amide bonds. The van der Waals surface area contributed by atoms with Crippen molar-refractivity contribution in [2.24, 2.45) is 0 Å². The highest BCUT2D eigenvalue weighted by Gasteiger charge is 2.10. The van der Waals surface area contributed by atoms with Crippen molar-refractivity contribution in [3.05, 3.63) is 22.4 Å². The van der Waals surface area contributed by atoms with Crippen LogP contribution < -0.4 is 0 Å². The molecule has 0 radical (unpaired) electrons. The SMILES string of the molecule is CCC(=O)CC(=O)c1cccs1. The van der Waals surface area contributed by atoms with Crippen molar-refractivity contribution in [1.29, 1.82) is 0 Å². The van der Waals surface area contributed by atoms with Gasteiger partial charge in [-0.3, -0.25) is 9.59 Å². The van der Waals surface area contributed by atoms with Gasteiger partial charge in [0.05, 0.1) is 11.3 Å². The van der Waals surface area contributed by atoms with Crippen LogP contribution in [0.15, 0.2) is 17.5 Å². The Morgan fingerprint density at radius 1 is 1.50 bits per heavy atom. The minimum absolute atomic E-state index is 0.00778. The van der Waals surface area contributed by atoms with E-state index in [4.69, 9.17) is 0 Å². The molecular weight excluding hydrogens is 172 g/mol. The third-order valence-electron chi connectivity index (χ3n) is 1.55. The fourth-order valence-corrected chi connectivity index (χ4v) is 1.49. The number of rotatable bonds is 4. The molecule has 0 aliphatic heterocycles. The largest absolute Gasteiger partial charge is 0.299 e. The van der Waals surface area contributed by atoms with Crippen molar-refractivity contribution in [1.82, 2.24) is 0 Å². The lowest BCUT2D eigenvalue weighted by molar-refractivity contribution is -0.117. The Bertz CT molecular complexity index is 275. The number of ketones is 2. The molecule has 0 saturated heterocycles. The lowest BCUT2D eigenvalue weighted by atomic mass is 10.1. The molecule has 0 spiro atoms. The number of hydrogen-bond donors (Lipinski definition) is 0. The standard InChI is InChI=1S/C9H10O2S/c1-2-7(10)6-8(11)9-4-3-5-12-9/h3-5H,2,6H2,1H3. The lowest BCUT2D eigenvalue weighted by Crippen LogP contribution is -2.04. The second kappa shape index (κ2) is 4.16. The van der Waals surface area contributed by atoms with Crippen molar-refractivity contribution in [3.63, 3.8) is 0 Å². The van der Waals surface area contributed by atoms with E-state index >= 15 is 0 Å². The third-order valence-corrected chi connectivity index (χ3v) is 2.46. The Kier molecular flexibility index (Phi) is 3.17. The van der Waals surface area contributed by atoms with Gasteiger partial charge in [0.15, 0.2) is 5.78 Å². The maximum absolute atomic E-state index is 11.3. The van der Waals surface area contributed by atoms with Gasteiger partial charge in [0.1, 0.15) is 5.78 Å². The molecule has 0 aromatic carbocycles. The van der Waals surface area contributed by atoms with Crippen LogP contribution >= 0.6 is 11.3 Å². The molecule has 1 aromatic heterocycles. The first-order valence-corrected chi connectivity index (χ1v) is 4.70. The zero-order chi connectivity index (χ0) is 8.97. The molecule has 1 aromatic rings. The van der Waals surface area contributed by atoms with Crippen molar-refractivity contribution < 1.29 is 9.59 Å². The molecule has 0 aliphatic rings. The predicted octanol–water partition coefficient (Wildman–Crippen LogP) is 2.30. The maximum Gasteiger partial charge on any atom is 0.180 e. The summed E-state index contributed by atoms with van der Waals surface area (Å²) in [5.74, 6) is -0.0507. The first kappa shape index (κ1) is 9.13. The van der Waals surface area contributed by atoms with Crippen LogP contribution in [0, 0.1) is 0 Å². The van der Waals surface area contributed by atoms with Crippen LogP contribution in [0.25, 0.3) is 0 Å². The molecule has 2 nitrogen and oxygen atoms in total. The molecule has 1 heterocycles. The monoisotopic (exact) mass is 182 g/mol. The number of thiophene rings is 1. The van der Waals surface area contributed by atoms with Crippen molar-refractivity contribution in [2.45, 2.75) is 19.8 Å². The molecule has 1 rings (SSSR count). The van der Waals surface area contributed by atoms with E-state index in [0.29, 0.717) is 11.3 Å². The van der Waals surface area contributed by atoms with E-state index in [0.717, 1.165) is 0 Å². The molecule has 64 valence electrons. The highest BCUT2D eigenvalue weighted by atomic mass is 32.1. The topological polar surface area (TPSA) is 34.1 Å². The summed E-state index contributed by atoms with van der Waals surface area (Å²) >= 11 is 1.38. The highest BCUT2D eigenvalue weighted by Crippen LogP contribution is 2.11. The Morgan fingerprint density at radius 2 is 2.25 bits per heavy atom. The van der Waals surface area contributed by atoms with Gasteiger partial charge in [-0.2, -0.15) is 0 Å². The maximum atomic E-state index is 11.3. The number of carbonyl (C=O) groups excluding carboxylic acids is 2. The van der Waals surface area contributed by atoms with Crippen LogP contribution in [0.4, 0.5) is 0 Å². The minimum atomic E-state index is -0.0585. The van der Waals surface area contributed by atoms with E-state index in [2.05, 4.69) is 0 Å². The van der Waals surface area contributed by atoms with Gasteiger partial charge in [-0.1, -0.05) is 13.0 Å². The third kappa shape index (κ3) is 2.27. The van der Waals surface area contributed by atoms with Crippen molar-refractivity contribution in [3.8, 4) is 0 Å². The van der Waals surface area contributed by atoms with Gasteiger partial charge in [0.2, 0.25) is 0 Å². The fraction of sp³-hybridized carbons (Fsp3) is 0.333. The first-order chi connectivity index (χ1) is 5.74. The average Bonchev–Trinajstić information content (AvgIpc) is 2.56. The number of Topliss-reactive ketones (excluding diaryl/α,β-unsaturated/α-hetero) is 2. The predicted molar refractivity (Wildman–Crippen MR) is 48.6 cm³/mol. The van der Waals surface area contributed by atoms with Crippen LogP contribution in [-0.2, 0) is 4.79 Å². The fourth-order valence-electron chi connectivity index (χ4n) is 0.828. The van der Waals surface area contributed by atoms with E-state index in [-0.39, 0.29) is 18.0 Å². The zero-order valence-corrected chi connectivity index (χ0v) is 7.69. The van der Waals surface area contributed by atoms with Crippen LogP contribution in [0.1, 0.15) is 29.4 Å². The van der Waals surface area contributed by atoms with Gasteiger partial charge >= 0.3 is 0 Å². The van der Waals surface area contributed by atoms with Crippen LogP contribution in [0.3, 0.4) is 0 Å². The van der Waals surface area contributed by atoms with Gasteiger partial charge in [-0.15, -0.1) is 11.3 Å². The molecule has 0 unspecified atom stereocenters. The number of hydrogen-bond acceptors (Lipinski definition) is 3. The van der Waals surface area contributed by atoms with Crippen LogP contribution in [-0.4, -0.2) is 11.6 Å². The molecule has 3 heteroatoms. The first-order valence-electron chi connectivity index (χ1n) is 3.82. The molecule has 0 aliphatic carbocycles. The Hall–Kier alpha value is -0.960. The summed E-state index contributed by atoms with van der Waals surface area (Å²) in [5.41, 5.74) is 0. The van der Waals surface area contributed by atoms with Gasteiger partial charge in [0.25, 0.3) is 0 Å². The molecule has 0 saturated carbocycles. The quantitative estimate of drug-likeness (QED) is 0.529. The smallest absolute Gasteiger partial charge is 0.180 e. The highest BCUT2D eigenvalue weighted by molar-refractivity contribution is 7.12. The summed E-state index contributed by atoms with van der Waals surface area (Å²) in [6.45, 7) is 1.77. The molecule has 0 atom stereocenters. The molecule has 0 fully saturated rings. The second-order valence-corrected chi connectivity index (χ2v) is 3.42. The van der Waals surface area contributed by atoms with Gasteiger partial charge in [-0.25, -0.2) is 0 Å². The van der Waals surface area contributed by atoms with Gasteiger partial charge in [-0.05, 0) is 11.4 Å². The Morgan fingerprint density at radius 3 is 2.75 bits per heavy atom. The van der Waals surface area contributed by atoms with E-state index in [1.54, 1.807) is 13.0 Å². The van der Waals surface area contributed by atoms with E-state index in [9.17, 15) is 9.59 Å². The van der Waals surface area contributed by atoms with Crippen molar-refractivity contribution in [2.75, 3.05) is 0 Å². The summed E-state index contributed by atoms with van der Waals surface area (Å²) < 4.78 is 0. The summed E-state index contributed by atoms with van der Waals surface area (Å²) in [4.78, 5) is 22.8. The summed E-state index contributed by atoms with van der Waals surface area (Å²) in [6, 6.07) is 3.56. The summed E-state index contributed by atoms with van der Waals surface area (Å²) in [7, 11) is 0. The lowest BCUT2D eigenvalue weighted by Gasteiger charge is -1.93. The zero-order valence-electron chi connectivity index (χ0n) is 6.87. The Labute approximate surface area is 75.2 Å². The van der Waals surface area contributed by atoms with Gasteiger partial charge < -0.3 is 0 Å². The van der Waals surface area contributed by atoms with Gasteiger partial charge in [0, 0.05) is 6.42 Å². The molecule has 0 N–H and O–H groups in total. The average molecular weight is 182 g/mol. The molecular formula is C9H10O2S. The second-order valence-electron chi connectivity index (χ2n) is 2.47. The normalized spacial score (nSPS) is 9.75. The Balaban J connectivity index is 2.56. The summed E-state index contributed by atoms with van der Waals surface area (Å²) in [6.07, 6.45) is 0.494. The van der Waals surface area contributed by atoms with E-state index in [1.807, 2.05) is 11.4 Å². The van der Waals surface area contributed by atoms with Crippen LogP contribution in [0.2, 0.25) is 0 Å². The number of carbonyl (C=O) groups is 2.